The van der Waals surface area contributed by atoms with Gasteiger partial charge >= 0.3 is 0 Å². The zero-order chi connectivity index (χ0) is 14.7. The lowest BCUT2D eigenvalue weighted by molar-refractivity contribution is -0.122. The molecular formula is C17H16ClNOS. The van der Waals surface area contributed by atoms with Gasteiger partial charge < -0.3 is 5.32 Å². The van der Waals surface area contributed by atoms with Gasteiger partial charge in [0.1, 0.15) is 0 Å². The molecule has 108 valence electrons. The Labute approximate surface area is 133 Å². The number of hydrogen-bond donors (Lipinski definition) is 1. The minimum absolute atomic E-state index is 0.0639. The van der Waals surface area contributed by atoms with Crippen LogP contribution >= 0.6 is 23.4 Å². The lowest BCUT2D eigenvalue weighted by Gasteiger charge is -2.14. The summed E-state index contributed by atoms with van der Waals surface area (Å²) in [6.45, 7) is 0.452. The van der Waals surface area contributed by atoms with E-state index in [2.05, 4.69) is 11.4 Å². The van der Waals surface area contributed by atoms with Gasteiger partial charge in [-0.2, -0.15) is 0 Å². The number of thioether (sulfide) groups is 1. The number of fused-ring (bicyclic) bond motifs is 1. The topological polar surface area (TPSA) is 29.1 Å². The van der Waals surface area contributed by atoms with Crippen molar-refractivity contribution in [2.75, 3.05) is 12.3 Å². The minimum atomic E-state index is -0.195. The van der Waals surface area contributed by atoms with Gasteiger partial charge in [0, 0.05) is 17.2 Å². The quantitative estimate of drug-likeness (QED) is 0.864. The molecule has 0 spiro atoms. The molecule has 0 bridgehead atoms. The highest BCUT2D eigenvalue weighted by atomic mass is 35.5. The largest absolute Gasteiger partial charge is 0.354 e. The summed E-state index contributed by atoms with van der Waals surface area (Å²) < 4.78 is 0. The molecule has 3 rings (SSSR count). The second-order valence-electron chi connectivity index (χ2n) is 5.02. The van der Waals surface area contributed by atoms with Crippen LogP contribution in [0.5, 0.6) is 0 Å². The van der Waals surface area contributed by atoms with E-state index in [1.807, 2.05) is 48.5 Å². The first-order valence-electron chi connectivity index (χ1n) is 6.94. The van der Waals surface area contributed by atoms with E-state index in [1.165, 1.54) is 4.90 Å². The lowest BCUT2D eigenvalue weighted by atomic mass is 10.0. The Balaban J connectivity index is 1.61. The van der Waals surface area contributed by atoms with Gasteiger partial charge in [-0.05, 0) is 17.2 Å². The van der Waals surface area contributed by atoms with Crippen LogP contribution in [0.3, 0.4) is 0 Å². The van der Waals surface area contributed by atoms with E-state index < -0.39 is 0 Å². The average molecular weight is 318 g/mol. The molecule has 0 saturated carbocycles. The lowest BCUT2D eigenvalue weighted by Crippen LogP contribution is -2.31. The van der Waals surface area contributed by atoms with Crippen LogP contribution in [-0.4, -0.2) is 18.2 Å². The van der Waals surface area contributed by atoms with Gasteiger partial charge in [0.05, 0.1) is 11.3 Å². The van der Waals surface area contributed by atoms with Crippen molar-refractivity contribution in [3.05, 3.63) is 65.7 Å². The Bertz CT molecular complexity index is 632. The highest BCUT2D eigenvalue weighted by molar-refractivity contribution is 7.99. The molecular weight excluding hydrogens is 302 g/mol. The Kier molecular flexibility index (Phi) is 4.51. The Hall–Kier alpha value is -1.45. The fraction of sp³-hybridized carbons (Fsp3) is 0.235. The maximum atomic E-state index is 12.4. The van der Waals surface area contributed by atoms with Gasteiger partial charge in [0.2, 0.25) is 5.91 Å². The normalized spacial score (nSPS) is 18.0. The summed E-state index contributed by atoms with van der Waals surface area (Å²) in [5, 5.41) is 2.78. The average Bonchev–Trinajstić information content (AvgIpc) is 2.97. The Morgan fingerprint density at radius 3 is 2.71 bits per heavy atom. The highest BCUT2D eigenvalue weighted by Gasteiger charge is 2.28. The van der Waals surface area contributed by atoms with Gasteiger partial charge in [0.25, 0.3) is 0 Å². The van der Waals surface area contributed by atoms with E-state index in [-0.39, 0.29) is 17.2 Å². The van der Waals surface area contributed by atoms with Gasteiger partial charge in [-0.25, -0.2) is 0 Å². The molecule has 2 aromatic carbocycles. The van der Waals surface area contributed by atoms with Crippen molar-refractivity contribution in [3.63, 3.8) is 0 Å². The minimum Gasteiger partial charge on any atom is -0.354 e. The SMILES string of the molecule is O=C(NCC(Cl)c1ccccc1)C1CSc2ccccc21. The van der Waals surface area contributed by atoms with Crippen molar-refractivity contribution in [1.82, 2.24) is 5.32 Å². The molecule has 0 saturated heterocycles. The third-order valence-electron chi connectivity index (χ3n) is 3.63. The van der Waals surface area contributed by atoms with Crippen molar-refractivity contribution in [2.45, 2.75) is 16.2 Å². The summed E-state index contributed by atoms with van der Waals surface area (Å²) in [7, 11) is 0. The molecule has 1 amide bonds. The summed E-state index contributed by atoms with van der Waals surface area (Å²) in [6, 6.07) is 17.9. The van der Waals surface area contributed by atoms with Gasteiger partial charge in [-0.3, -0.25) is 4.79 Å². The van der Waals surface area contributed by atoms with Crippen LogP contribution < -0.4 is 5.32 Å². The molecule has 0 radical (unpaired) electrons. The number of alkyl halides is 1. The maximum absolute atomic E-state index is 12.4. The van der Waals surface area contributed by atoms with Crippen LogP contribution in [0.25, 0.3) is 0 Å². The smallest absolute Gasteiger partial charge is 0.228 e. The monoisotopic (exact) mass is 317 g/mol. The maximum Gasteiger partial charge on any atom is 0.228 e. The number of rotatable bonds is 4. The van der Waals surface area contributed by atoms with Crippen LogP contribution in [0, 0.1) is 0 Å². The molecule has 2 atom stereocenters. The van der Waals surface area contributed by atoms with E-state index in [1.54, 1.807) is 11.8 Å². The summed E-state index contributed by atoms with van der Waals surface area (Å²) in [5.41, 5.74) is 2.16. The molecule has 1 aliphatic heterocycles. The van der Waals surface area contributed by atoms with Gasteiger partial charge in [-0.15, -0.1) is 23.4 Å². The molecule has 4 heteroatoms. The van der Waals surface area contributed by atoms with E-state index in [0.29, 0.717) is 6.54 Å². The first kappa shape index (κ1) is 14.5. The van der Waals surface area contributed by atoms with Crippen molar-refractivity contribution in [2.24, 2.45) is 0 Å². The van der Waals surface area contributed by atoms with Gasteiger partial charge in [-0.1, -0.05) is 48.5 Å². The van der Waals surface area contributed by atoms with E-state index >= 15 is 0 Å². The molecule has 2 unspecified atom stereocenters. The first-order chi connectivity index (χ1) is 10.3. The summed E-state index contributed by atoms with van der Waals surface area (Å²) in [4.78, 5) is 13.6. The van der Waals surface area contributed by atoms with E-state index in [0.717, 1.165) is 16.9 Å². The number of halogens is 1. The summed E-state index contributed by atoms with van der Waals surface area (Å²) in [6.07, 6.45) is 0. The number of carbonyl (C=O) groups is 1. The first-order valence-corrected chi connectivity index (χ1v) is 8.36. The number of amides is 1. The molecule has 1 aliphatic rings. The van der Waals surface area contributed by atoms with Crippen LogP contribution in [0.4, 0.5) is 0 Å². The predicted octanol–water partition coefficient (Wildman–Crippen LogP) is 3.97. The molecule has 2 aromatic rings. The van der Waals surface area contributed by atoms with Crippen LogP contribution in [-0.2, 0) is 4.79 Å². The van der Waals surface area contributed by atoms with Crippen LogP contribution in [0.2, 0.25) is 0 Å². The third-order valence-corrected chi connectivity index (χ3v) is 5.22. The van der Waals surface area contributed by atoms with E-state index in [9.17, 15) is 4.79 Å². The third kappa shape index (κ3) is 3.25. The number of benzene rings is 2. The van der Waals surface area contributed by atoms with Crippen LogP contribution in [0.1, 0.15) is 22.4 Å². The second-order valence-corrected chi connectivity index (χ2v) is 6.61. The van der Waals surface area contributed by atoms with Crippen molar-refractivity contribution < 1.29 is 4.79 Å². The zero-order valence-electron chi connectivity index (χ0n) is 11.5. The molecule has 0 fully saturated rings. The summed E-state index contributed by atoms with van der Waals surface area (Å²) in [5.74, 6) is 0.809. The Morgan fingerprint density at radius 1 is 1.19 bits per heavy atom. The number of nitrogens with one attached hydrogen (secondary N) is 1. The zero-order valence-corrected chi connectivity index (χ0v) is 13.0. The molecule has 0 aromatic heterocycles. The number of carbonyl (C=O) groups excluding carboxylic acids is 1. The molecule has 0 aliphatic carbocycles. The van der Waals surface area contributed by atoms with Crippen molar-refractivity contribution in [3.8, 4) is 0 Å². The van der Waals surface area contributed by atoms with E-state index in [4.69, 9.17) is 11.6 Å². The molecule has 1 N–H and O–H groups in total. The standard InChI is InChI=1S/C17H16ClNOS/c18-15(12-6-2-1-3-7-12)10-19-17(20)14-11-21-16-9-5-4-8-13(14)16/h1-9,14-15H,10-11H2,(H,19,20). The molecule has 1 heterocycles. The Morgan fingerprint density at radius 2 is 1.90 bits per heavy atom. The number of hydrogen-bond acceptors (Lipinski definition) is 2. The van der Waals surface area contributed by atoms with Crippen LogP contribution in [0.15, 0.2) is 59.5 Å². The fourth-order valence-corrected chi connectivity index (χ4v) is 3.92. The fourth-order valence-electron chi connectivity index (χ4n) is 2.47. The van der Waals surface area contributed by atoms with Crippen molar-refractivity contribution >= 4 is 29.3 Å². The van der Waals surface area contributed by atoms with Crippen molar-refractivity contribution in [1.29, 1.82) is 0 Å². The second kappa shape index (κ2) is 6.54. The molecule has 21 heavy (non-hydrogen) atoms. The molecule has 2 nitrogen and oxygen atoms in total. The summed E-state index contributed by atoms with van der Waals surface area (Å²) >= 11 is 8.08. The highest BCUT2D eigenvalue weighted by Crippen LogP contribution is 2.39. The predicted molar refractivity (Wildman–Crippen MR) is 88.0 cm³/mol. The van der Waals surface area contributed by atoms with Gasteiger partial charge in [0.15, 0.2) is 0 Å².